The number of ether oxygens (including phenoxy) is 3. The Hall–Kier alpha value is -3.27. The minimum Gasteiger partial charge on any atom is -0.497 e. The van der Waals surface area contributed by atoms with Gasteiger partial charge < -0.3 is 14.2 Å². The third kappa shape index (κ3) is 3.32. The van der Waals surface area contributed by atoms with Crippen molar-refractivity contribution in [3.8, 4) is 33.8 Å². The lowest BCUT2D eigenvalue weighted by atomic mass is 10.1. The van der Waals surface area contributed by atoms with Crippen molar-refractivity contribution in [2.75, 3.05) is 20.3 Å². The number of thiophene rings is 2. The van der Waals surface area contributed by atoms with Crippen molar-refractivity contribution in [1.29, 1.82) is 5.26 Å². The van der Waals surface area contributed by atoms with Crippen LogP contribution in [0.5, 0.6) is 17.2 Å². The Morgan fingerprint density at radius 3 is 2.63 bits per heavy atom. The van der Waals surface area contributed by atoms with E-state index in [1.165, 1.54) is 0 Å². The van der Waals surface area contributed by atoms with Gasteiger partial charge in [0.25, 0.3) is 0 Å². The summed E-state index contributed by atoms with van der Waals surface area (Å²) in [5.74, 6) is 2.32. The first-order valence-electron chi connectivity index (χ1n) is 9.43. The second-order valence-electron chi connectivity index (χ2n) is 6.73. The Kier molecular flexibility index (Phi) is 4.91. The molecule has 0 fully saturated rings. The van der Waals surface area contributed by atoms with E-state index in [9.17, 15) is 5.26 Å². The first-order valence-corrected chi connectivity index (χ1v) is 11.1. The molecule has 1 aliphatic rings. The van der Waals surface area contributed by atoms with Crippen LogP contribution >= 0.6 is 22.7 Å². The van der Waals surface area contributed by atoms with Crippen LogP contribution in [0.4, 0.5) is 0 Å². The quantitative estimate of drug-likeness (QED) is 0.347. The summed E-state index contributed by atoms with van der Waals surface area (Å²) in [5, 5.41) is 13.9. The predicted octanol–water partition coefficient (Wildman–Crippen LogP) is 6.47. The molecule has 0 aliphatic carbocycles. The lowest BCUT2D eigenvalue weighted by Gasteiger charge is -2.17. The minimum absolute atomic E-state index is 0.502. The maximum atomic E-state index is 9.66. The molecule has 0 spiro atoms. The molecule has 2 aromatic carbocycles. The maximum absolute atomic E-state index is 9.66. The molecule has 5 rings (SSSR count). The second-order valence-corrected chi connectivity index (χ2v) is 8.73. The summed E-state index contributed by atoms with van der Waals surface area (Å²) in [7, 11) is 1.67. The number of nitriles is 1. The normalized spacial score (nSPS) is 13.3. The van der Waals surface area contributed by atoms with Crippen LogP contribution in [0, 0.1) is 11.3 Å². The monoisotopic (exact) mass is 431 g/mol. The van der Waals surface area contributed by atoms with Crippen molar-refractivity contribution in [3.63, 3.8) is 0 Å². The SMILES string of the molecule is COc1ccc2cc(-c3sc(/C=C(\C#N)c4cccs4)c4c3OCCO4)ccc2c1. The third-order valence-corrected chi connectivity index (χ3v) is 6.97. The number of benzene rings is 2. The number of fused-ring (bicyclic) bond motifs is 2. The van der Waals surface area contributed by atoms with Gasteiger partial charge in [-0.1, -0.05) is 24.3 Å². The molecule has 0 unspecified atom stereocenters. The average molecular weight is 432 g/mol. The highest BCUT2D eigenvalue weighted by Gasteiger charge is 2.25. The molecular weight excluding hydrogens is 414 g/mol. The van der Waals surface area contributed by atoms with Crippen molar-refractivity contribution >= 4 is 45.1 Å². The van der Waals surface area contributed by atoms with Crippen LogP contribution in [-0.2, 0) is 0 Å². The fourth-order valence-corrected chi connectivity index (χ4v) is 5.29. The predicted molar refractivity (Wildman–Crippen MR) is 123 cm³/mol. The van der Waals surface area contributed by atoms with Gasteiger partial charge in [-0.3, -0.25) is 0 Å². The molecule has 6 heteroatoms. The molecule has 0 atom stereocenters. The molecular formula is C24H17NO3S2. The lowest BCUT2D eigenvalue weighted by Crippen LogP contribution is -2.14. The summed E-state index contributed by atoms with van der Waals surface area (Å²) in [6.45, 7) is 1.02. The smallest absolute Gasteiger partial charge is 0.180 e. The Bertz CT molecular complexity index is 1300. The number of allylic oxidation sites excluding steroid dienone is 1. The number of methoxy groups -OCH3 is 1. The summed E-state index contributed by atoms with van der Waals surface area (Å²) in [5.41, 5.74) is 1.69. The fourth-order valence-electron chi connectivity index (χ4n) is 3.47. The van der Waals surface area contributed by atoms with Crippen LogP contribution in [0.1, 0.15) is 9.75 Å². The Balaban J connectivity index is 1.63. The number of nitrogens with zero attached hydrogens (tertiary/aromatic N) is 1. The van der Waals surface area contributed by atoms with E-state index in [0.29, 0.717) is 18.8 Å². The largest absolute Gasteiger partial charge is 0.497 e. The van der Waals surface area contributed by atoms with Crippen LogP contribution in [0.3, 0.4) is 0 Å². The number of hydrogen-bond acceptors (Lipinski definition) is 6. The van der Waals surface area contributed by atoms with Gasteiger partial charge in [0.1, 0.15) is 25.0 Å². The summed E-state index contributed by atoms with van der Waals surface area (Å²) in [6.07, 6.45) is 1.90. The van der Waals surface area contributed by atoms with E-state index in [1.807, 2.05) is 35.7 Å². The van der Waals surface area contributed by atoms with Crippen LogP contribution in [0.15, 0.2) is 53.9 Å². The van der Waals surface area contributed by atoms with Crippen molar-refractivity contribution < 1.29 is 14.2 Å². The molecule has 0 saturated heterocycles. The fraction of sp³-hybridized carbons (Fsp3) is 0.125. The minimum atomic E-state index is 0.502. The molecule has 148 valence electrons. The first kappa shape index (κ1) is 18.7. The average Bonchev–Trinajstić information content (AvgIpc) is 3.45. The van der Waals surface area contributed by atoms with Crippen molar-refractivity contribution in [1.82, 2.24) is 0 Å². The molecule has 0 radical (unpaired) electrons. The maximum Gasteiger partial charge on any atom is 0.180 e. The zero-order chi connectivity index (χ0) is 20.5. The van der Waals surface area contributed by atoms with Gasteiger partial charge in [-0.25, -0.2) is 0 Å². The molecule has 4 nitrogen and oxygen atoms in total. The summed E-state index contributed by atoms with van der Waals surface area (Å²) >= 11 is 3.14. The van der Waals surface area contributed by atoms with Crippen LogP contribution in [0.2, 0.25) is 0 Å². The highest BCUT2D eigenvalue weighted by molar-refractivity contribution is 7.17. The molecule has 30 heavy (non-hydrogen) atoms. The molecule has 1 aliphatic heterocycles. The van der Waals surface area contributed by atoms with E-state index >= 15 is 0 Å². The van der Waals surface area contributed by atoms with Gasteiger partial charge in [0.2, 0.25) is 0 Å². The van der Waals surface area contributed by atoms with E-state index in [0.717, 1.165) is 48.2 Å². The Labute approximate surface area is 182 Å². The van der Waals surface area contributed by atoms with Crippen molar-refractivity contribution in [2.24, 2.45) is 0 Å². The van der Waals surface area contributed by atoms with Gasteiger partial charge in [0.05, 0.1) is 22.4 Å². The molecule has 3 heterocycles. The summed E-state index contributed by atoms with van der Waals surface area (Å²) in [6, 6.07) is 18.6. The van der Waals surface area contributed by atoms with E-state index in [-0.39, 0.29) is 0 Å². The van der Waals surface area contributed by atoms with Gasteiger partial charge >= 0.3 is 0 Å². The number of hydrogen-bond donors (Lipinski definition) is 0. The van der Waals surface area contributed by atoms with Gasteiger partial charge in [0, 0.05) is 4.88 Å². The molecule has 0 N–H and O–H groups in total. The van der Waals surface area contributed by atoms with Gasteiger partial charge in [-0.15, -0.1) is 22.7 Å². The Morgan fingerprint density at radius 1 is 1.07 bits per heavy atom. The topological polar surface area (TPSA) is 51.5 Å². The van der Waals surface area contributed by atoms with Crippen LogP contribution in [-0.4, -0.2) is 20.3 Å². The highest BCUT2D eigenvalue weighted by Crippen LogP contribution is 2.50. The third-order valence-electron chi connectivity index (χ3n) is 4.92. The summed E-state index contributed by atoms with van der Waals surface area (Å²) in [4.78, 5) is 2.86. The molecule has 0 amide bonds. The van der Waals surface area contributed by atoms with Gasteiger partial charge in [-0.05, 0) is 52.1 Å². The highest BCUT2D eigenvalue weighted by atomic mass is 32.1. The second kappa shape index (κ2) is 7.86. The van der Waals surface area contributed by atoms with Crippen molar-refractivity contribution in [3.05, 3.63) is 63.7 Å². The summed E-state index contributed by atoms with van der Waals surface area (Å²) < 4.78 is 17.3. The standard InChI is InChI=1S/C24H17NO3S2/c1-26-19-7-6-15-11-17(5-4-16(15)12-19)24-23-22(27-8-9-28-23)21(30-24)13-18(14-25)20-3-2-10-29-20/h2-7,10-13H,8-9H2,1H3/b18-13+. The lowest BCUT2D eigenvalue weighted by molar-refractivity contribution is 0.174. The van der Waals surface area contributed by atoms with Crippen LogP contribution < -0.4 is 14.2 Å². The van der Waals surface area contributed by atoms with Gasteiger partial charge in [0.15, 0.2) is 11.5 Å². The zero-order valence-corrected chi connectivity index (χ0v) is 17.8. The number of rotatable bonds is 4. The van der Waals surface area contributed by atoms with E-state index < -0.39 is 0 Å². The van der Waals surface area contributed by atoms with E-state index in [4.69, 9.17) is 14.2 Å². The first-order chi connectivity index (χ1) is 14.8. The van der Waals surface area contributed by atoms with Crippen molar-refractivity contribution in [2.45, 2.75) is 0 Å². The van der Waals surface area contributed by atoms with E-state index in [2.05, 4.69) is 30.3 Å². The zero-order valence-electron chi connectivity index (χ0n) is 16.2. The van der Waals surface area contributed by atoms with Crippen LogP contribution in [0.25, 0.3) is 32.9 Å². The molecule has 4 aromatic rings. The molecule has 0 saturated carbocycles. The Morgan fingerprint density at radius 2 is 1.87 bits per heavy atom. The molecule has 2 aromatic heterocycles. The molecule has 0 bridgehead atoms. The van der Waals surface area contributed by atoms with Gasteiger partial charge in [-0.2, -0.15) is 5.26 Å². The van der Waals surface area contributed by atoms with E-state index in [1.54, 1.807) is 29.8 Å².